The largest absolute Gasteiger partial charge is 0.395 e. The van der Waals surface area contributed by atoms with Crippen molar-refractivity contribution in [3.05, 3.63) is 11.4 Å². The van der Waals surface area contributed by atoms with E-state index in [1.54, 1.807) is 0 Å². The summed E-state index contributed by atoms with van der Waals surface area (Å²) in [6, 6.07) is 0. The van der Waals surface area contributed by atoms with Gasteiger partial charge in [-0.2, -0.15) is 5.10 Å². The number of anilines is 1. The third-order valence-corrected chi connectivity index (χ3v) is 3.62. The highest BCUT2D eigenvalue weighted by Gasteiger charge is 2.31. The van der Waals surface area contributed by atoms with Gasteiger partial charge in [0, 0.05) is 25.6 Å². The number of amides is 1. The van der Waals surface area contributed by atoms with Crippen LogP contribution in [0, 0.1) is 0 Å². The van der Waals surface area contributed by atoms with E-state index in [-0.39, 0.29) is 5.91 Å². The van der Waals surface area contributed by atoms with E-state index in [1.165, 1.54) is 0 Å². The van der Waals surface area contributed by atoms with Crippen molar-refractivity contribution < 1.29 is 4.79 Å². The van der Waals surface area contributed by atoms with Gasteiger partial charge in [-0.05, 0) is 33.4 Å². The van der Waals surface area contributed by atoms with Crippen LogP contribution in [0.1, 0.15) is 48.3 Å². The van der Waals surface area contributed by atoms with E-state index in [9.17, 15) is 4.79 Å². The van der Waals surface area contributed by atoms with E-state index < -0.39 is 0 Å². The first kappa shape index (κ1) is 14.8. The van der Waals surface area contributed by atoms with Crippen LogP contribution in [0.15, 0.2) is 0 Å². The maximum atomic E-state index is 12.6. The molecule has 20 heavy (non-hydrogen) atoms. The second-order valence-corrected chi connectivity index (χ2v) is 5.77. The molecule has 0 bridgehead atoms. The van der Waals surface area contributed by atoms with Crippen molar-refractivity contribution in [1.82, 2.24) is 20.0 Å². The number of nitrogens with zero attached hydrogens (tertiary/aromatic N) is 3. The maximum absolute atomic E-state index is 12.6. The Morgan fingerprint density at radius 3 is 2.60 bits per heavy atom. The fourth-order valence-corrected chi connectivity index (χ4v) is 2.27. The quantitative estimate of drug-likeness (QED) is 0.788. The summed E-state index contributed by atoms with van der Waals surface area (Å²) in [5.41, 5.74) is 7.96. The lowest BCUT2D eigenvalue weighted by Gasteiger charge is -2.23. The molecular formula is C14H25N5O. The molecule has 0 radical (unpaired) electrons. The second-order valence-electron chi connectivity index (χ2n) is 5.77. The Kier molecular flexibility index (Phi) is 4.65. The molecule has 0 aromatic carbocycles. The van der Waals surface area contributed by atoms with Gasteiger partial charge in [0.2, 0.25) is 0 Å². The number of nitrogen functional groups attached to an aromatic ring is 1. The van der Waals surface area contributed by atoms with E-state index in [4.69, 9.17) is 5.73 Å². The van der Waals surface area contributed by atoms with Crippen LogP contribution in [0.4, 0.5) is 5.69 Å². The molecule has 1 amide bonds. The van der Waals surface area contributed by atoms with Gasteiger partial charge in [-0.3, -0.25) is 9.89 Å². The van der Waals surface area contributed by atoms with Crippen molar-refractivity contribution in [3.63, 3.8) is 0 Å². The minimum atomic E-state index is -0.0608. The summed E-state index contributed by atoms with van der Waals surface area (Å²) < 4.78 is 0. The number of carbonyl (C=O) groups is 1. The number of aromatic amines is 1. The minimum Gasteiger partial charge on any atom is -0.395 e. The number of likely N-dealkylation sites (N-methyl/N-ethyl adjacent to an activating group) is 1. The monoisotopic (exact) mass is 279 g/mol. The molecule has 6 heteroatoms. The zero-order valence-electron chi connectivity index (χ0n) is 12.6. The van der Waals surface area contributed by atoms with E-state index >= 15 is 0 Å². The highest BCUT2D eigenvalue weighted by atomic mass is 16.2. The third kappa shape index (κ3) is 3.30. The van der Waals surface area contributed by atoms with Gasteiger partial charge in [0.05, 0.1) is 11.4 Å². The number of nitrogens with one attached hydrogen (secondary N) is 1. The first-order valence-corrected chi connectivity index (χ1v) is 7.32. The molecule has 6 nitrogen and oxygen atoms in total. The number of hydrogen-bond donors (Lipinski definition) is 2. The smallest absolute Gasteiger partial charge is 0.276 e. The van der Waals surface area contributed by atoms with Crippen LogP contribution in [-0.2, 0) is 0 Å². The molecule has 1 aliphatic carbocycles. The number of aromatic nitrogens is 2. The van der Waals surface area contributed by atoms with E-state index in [0.29, 0.717) is 23.8 Å². The molecule has 1 heterocycles. The topological polar surface area (TPSA) is 78.2 Å². The van der Waals surface area contributed by atoms with Crippen LogP contribution in [0.3, 0.4) is 0 Å². The number of nitrogens with two attached hydrogens (primary N) is 1. The number of H-pyrrole nitrogens is 1. The Labute approximate surface area is 120 Å². The van der Waals surface area contributed by atoms with Crippen molar-refractivity contribution >= 4 is 11.6 Å². The van der Waals surface area contributed by atoms with Crippen molar-refractivity contribution in [3.8, 4) is 0 Å². The van der Waals surface area contributed by atoms with Gasteiger partial charge in [0.1, 0.15) is 0 Å². The molecule has 2 rings (SSSR count). The van der Waals surface area contributed by atoms with Gasteiger partial charge in [0.25, 0.3) is 5.91 Å². The van der Waals surface area contributed by atoms with Gasteiger partial charge in [-0.1, -0.05) is 6.92 Å². The average molecular weight is 279 g/mol. The van der Waals surface area contributed by atoms with Crippen LogP contribution in [0.5, 0.6) is 0 Å². The van der Waals surface area contributed by atoms with E-state index in [1.807, 2.05) is 19.0 Å². The fourth-order valence-electron chi connectivity index (χ4n) is 2.27. The van der Waals surface area contributed by atoms with Gasteiger partial charge < -0.3 is 15.5 Å². The predicted octanol–water partition coefficient (Wildman–Crippen LogP) is 1.28. The SMILES string of the molecule is CCCN(CCN(C)C)C(=O)c1n[nH]c(C2CC2)c1N. The zero-order chi connectivity index (χ0) is 14.7. The van der Waals surface area contributed by atoms with Crippen molar-refractivity contribution in [2.45, 2.75) is 32.1 Å². The maximum Gasteiger partial charge on any atom is 0.276 e. The van der Waals surface area contributed by atoms with Gasteiger partial charge in [0.15, 0.2) is 5.69 Å². The van der Waals surface area contributed by atoms with Crippen LogP contribution in [0.25, 0.3) is 0 Å². The molecule has 1 fully saturated rings. The number of rotatable bonds is 7. The molecular weight excluding hydrogens is 254 g/mol. The summed E-state index contributed by atoms with van der Waals surface area (Å²) in [6.07, 6.45) is 3.21. The summed E-state index contributed by atoms with van der Waals surface area (Å²) in [7, 11) is 4.01. The Bertz CT molecular complexity index is 464. The van der Waals surface area contributed by atoms with Gasteiger partial charge in [-0.25, -0.2) is 0 Å². The summed E-state index contributed by atoms with van der Waals surface area (Å²) >= 11 is 0. The van der Waals surface area contributed by atoms with Gasteiger partial charge >= 0.3 is 0 Å². The van der Waals surface area contributed by atoms with Crippen molar-refractivity contribution in [2.24, 2.45) is 0 Å². The van der Waals surface area contributed by atoms with E-state index in [2.05, 4.69) is 22.0 Å². The fraction of sp³-hybridized carbons (Fsp3) is 0.714. The first-order chi connectivity index (χ1) is 9.54. The Balaban J connectivity index is 2.09. The molecule has 0 unspecified atom stereocenters. The molecule has 0 saturated heterocycles. The second kappa shape index (κ2) is 6.26. The highest BCUT2D eigenvalue weighted by molar-refractivity contribution is 5.97. The Morgan fingerprint density at radius 1 is 1.35 bits per heavy atom. The molecule has 1 saturated carbocycles. The van der Waals surface area contributed by atoms with E-state index in [0.717, 1.165) is 38.0 Å². The highest BCUT2D eigenvalue weighted by Crippen LogP contribution is 2.42. The summed E-state index contributed by atoms with van der Waals surface area (Å²) in [6.45, 7) is 4.34. The molecule has 0 atom stereocenters. The molecule has 0 aliphatic heterocycles. The summed E-state index contributed by atoms with van der Waals surface area (Å²) in [5, 5.41) is 7.10. The number of carbonyl (C=O) groups excluding carboxylic acids is 1. The molecule has 112 valence electrons. The standard InChI is InChI=1S/C14H25N5O/c1-4-7-19(9-8-18(2)3)14(20)13-11(15)12(16-17-13)10-5-6-10/h10H,4-9,15H2,1-3H3,(H,16,17). The molecule has 1 aliphatic rings. The molecule has 1 aromatic rings. The lowest BCUT2D eigenvalue weighted by Crippen LogP contribution is -2.37. The summed E-state index contributed by atoms with van der Waals surface area (Å²) in [5.74, 6) is 0.416. The first-order valence-electron chi connectivity index (χ1n) is 7.32. The van der Waals surface area contributed by atoms with Crippen molar-refractivity contribution in [2.75, 3.05) is 39.5 Å². The Hall–Kier alpha value is -1.56. The zero-order valence-corrected chi connectivity index (χ0v) is 12.6. The average Bonchev–Trinajstić information content (AvgIpc) is 3.17. The number of hydrogen-bond acceptors (Lipinski definition) is 4. The van der Waals surface area contributed by atoms with Crippen molar-refractivity contribution in [1.29, 1.82) is 0 Å². The predicted molar refractivity (Wildman–Crippen MR) is 79.7 cm³/mol. The third-order valence-electron chi connectivity index (χ3n) is 3.62. The molecule has 0 spiro atoms. The van der Waals surface area contributed by atoms with Crippen LogP contribution in [-0.4, -0.2) is 59.6 Å². The lowest BCUT2D eigenvalue weighted by molar-refractivity contribution is 0.0740. The normalized spacial score (nSPS) is 14.8. The van der Waals surface area contributed by atoms with Gasteiger partial charge in [-0.15, -0.1) is 0 Å². The molecule has 3 N–H and O–H groups in total. The summed E-state index contributed by atoms with van der Waals surface area (Å²) in [4.78, 5) is 16.5. The van der Waals surface area contributed by atoms with Crippen LogP contribution >= 0.6 is 0 Å². The van der Waals surface area contributed by atoms with Crippen LogP contribution in [0.2, 0.25) is 0 Å². The van der Waals surface area contributed by atoms with Crippen LogP contribution < -0.4 is 5.73 Å². The Morgan fingerprint density at radius 2 is 2.05 bits per heavy atom. The minimum absolute atomic E-state index is 0.0608. The molecule has 1 aromatic heterocycles. The lowest BCUT2D eigenvalue weighted by atomic mass is 10.2.